The predicted octanol–water partition coefficient (Wildman–Crippen LogP) is -0.574. The third kappa shape index (κ3) is 4.69. The Bertz CT molecular complexity index is 919. The van der Waals surface area contributed by atoms with Gasteiger partial charge in [-0.15, -0.1) is 5.10 Å². The second-order valence-electron chi connectivity index (χ2n) is 5.06. The standard InChI is InChI=1S/C15H18N6O5/c1-8(17-12-14(23)18-15(24)21-19-12)13(22)20-16-7-9-4-5-10(25-2)6-11(9)26-3/h4-8H,1-3H3,(H,17,19)(H,20,22)(H2,18,21,23,24)/b16-7-/t8-/m1/s1. The van der Waals surface area contributed by atoms with Crippen LogP contribution in [0.2, 0.25) is 0 Å². The van der Waals surface area contributed by atoms with E-state index < -0.39 is 23.2 Å². The van der Waals surface area contributed by atoms with Gasteiger partial charge in [-0.05, 0) is 19.1 Å². The van der Waals surface area contributed by atoms with Crippen LogP contribution in [0.4, 0.5) is 5.82 Å². The van der Waals surface area contributed by atoms with Crippen LogP contribution in [0.3, 0.4) is 0 Å². The van der Waals surface area contributed by atoms with E-state index in [-0.39, 0.29) is 5.82 Å². The van der Waals surface area contributed by atoms with Crippen LogP contribution in [-0.4, -0.2) is 47.6 Å². The molecule has 0 aliphatic heterocycles. The van der Waals surface area contributed by atoms with Gasteiger partial charge in [0.25, 0.3) is 11.5 Å². The zero-order chi connectivity index (χ0) is 19.1. The molecule has 1 amide bonds. The van der Waals surface area contributed by atoms with E-state index in [2.05, 4.69) is 26.0 Å². The normalized spacial score (nSPS) is 11.8. The Morgan fingerprint density at radius 3 is 2.73 bits per heavy atom. The number of nitrogens with zero attached hydrogens (tertiary/aromatic N) is 2. The number of aromatic amines is 2. The lowest BCUT2D eigenvalue weighted by Crippen LogP contribution is -2.38. The van der Waals surface area contributed by atoms with Crippen LogP contribution in [0.25, 0.3) is 0 Å². The molecule has 1 heterocycles. The topological polar surface area (TPSA) is 151 Å². The molecule has 0 saturated heterocycles. The zero-order valence-corrected chi connectivity index (χ0v) is 14.3. The van der Waals surface area contributed by atoms with Gasteiger partial charge < -0.3 is 14.8 Å². The summed E-state index contributed by atoms with van der Waals surface area (Å²) in [5.74, 6) is 0.450. The number of hydrogen-bond acceptors (Lipinski definition) is 8. The van der Waals surface area contributed by atoms with Crippen molar-refractivity contribution in [2.24, 2.45) is 5.10 Å². The maximum absolute atomic E-state index is 12.0. The molecule has 0 aliphatic carbocycles. The van der Waals surface area contributed by atoms with E-state index in [4.69, 9.17) is 9.47 Å². The number of carbonyl (C=O) groups excluding carboxylic acids is 1. The summed E-state index contributed by atoms with van der Waals surface area (Å²) in [6.07, 6.45) is 1.41. The molecular weight excluding hydrogens is 344 g/mol. The van der Waals surface area contributed by atoms with Crippen LogP contribution in [-0.2, 0) is 4.79 Å². The number of nitrogens with one attached hydrogen (secondary N) is 4. The maximum atomic E-state index is 12.0. The smallest absolute Gasteiger partial charge is 0.342 e. The average molecular weight is 362 g/mol. The van der Waals surface area contributed by atoms with E-state index in [0.717, 1.165) is 0 Å². The van der Waals surface area contributed by atoms with Gasteiger partial charge in [-0.1, -0.05) is 0 Å². The highest BCUT2D eigenvalue weighted by Crippen LogP contribution is 2.22. The fourth-order valence-electron chi connectivity index (χ4n) is 1.90. The summed E-state index contributed by atoms with van der Waals surface area (Å²) < 4.78 is 10.3. The molecule has 1 aromatic heterocycles. The first kappa shape index (κ1) is 18.7. The Morgan fingerprint density at radius 2 is 2.08 bits per heavy atom. The Kier molecular flexibility index (Phi) is 6.09. The molecular formula is C15H18N6O5. The van der Waals surface area contributed by atoms with Gasteiger partial charge in [0.1, 0.15) is 17.5 Å². The van der Waals surface area contributed by atoms with E-state index >= 15 is 0 Å². The lowest BCUT2D eigenvalue weighted by atomic mass is 10.2. The largest absolute Gasteiger partial charge is 0.497 e. The fraction of sp³-hybridized carbons (Fsp3) is 0.267. The van der Waals surface area contributed by atoms with Crippen LogP contribution in [0.5, 0.6) is 11.5 Å². The van der Waals surface area contributed by atoms with Gasteiger partial charge in [0.2, 0.25) is 5.82 Å². The number of anilines is 1. The van der Waals surface area contributed by atoms with Gasteiger partial charge in [0, 0.05) is 11.6 Å². The van der Waals surface area contributed by atoms with E-state index in [1.807, 2.05) is 4.98 Å². The van der Waals surface area contributed by atoms with Crippen molar-refractivity contribution in [3.63, 3.8) is 0 Å². The fourth-order valence-corrected chi connectivity index (χ4v) is 1.90. The molecule has 4 N–H and O–H groups in total. The average Bonchev–Trinajstić information content (AvgIpc) is 2.63. The predicted molar refractivity (Wildman–Crippen MR) is 93.8 cm³/mol. The summed E-state index contributed by atoms with van der Waals surface area (Å²) in [5.41, 5.74) is 1.49. The molecule has 0 bridgehead atoms. The SMILES string of the molecule is COc1ccc(/C=N\NC(=O)[C@@H](C)Nc2n[nH]c(=O)[nH]c2=O)c(OC)c1. The molecule has 26 heavy (non-hydrogen) atoms. The van der Waals surface area contributed by atoms with Gasteiger partial charge in [-0.25, -0.2) is 15.3 Å². The van der Waals surface area contributed by atoms with Crippen molar-refractivity contribution >= 4 is 17.9 Å². The monoisotopic (exact) mass is 362 g/mol. The van der Waals surface area contributed by atoms with Crippen LogP contribution in [0, 0.1) is 0 Å². The second-order valence-corrected chi connectivity index (χ2v) is 5.06. The number of ether oxygens (including phenoxy) is 2. The third-order valence-corrected chi connectivity index (χ3v) is 3.28. The van der Waals surface area contributed by atoms with Crippen molar-refractivity contribution < 1.29 is 14.3 Å². The summed E-state index contributed by atoms with van der Waals surface area (Å²) in [7, 11) is 3.05. The number of rotatable bonds is 7. The van der Waals surface area contributed by atoms with Gasteiger partial charge in [-0.3, -0.25) is 14.6 Å². The molecule has 0 aliphatic rings. The van der Waals surface area contributed by atoms with E-state index in [1.165, 1.54) is 20.2 Å². The molecule has 11 nitrogen and oxygen atoms in total. The van der Waals surface area contributed by atoms with Crippen molar-refractivity contribution in [3.8, 4) is 11.5 Å². The van der Waals surface area contributed by atoms with Crippen molar-refractivity contribution in [1.82, 2.24) is 20.6 Å². The van der Waals surface area contributed by atoms with Crippen molar-refractivity contribution in [2.45, 2.75) is 13.0 Å². The molecule has 1 aromatic carbocycles. The Balaban J connectivity index is 2.00. The lowest BCUT2D eigenvalue weighted by Gasteiger charge is -2.11. The Hall–Kier alpha value is -3.63. The van der Waals surface area contributed by atoms with E-state index in [1.54, 1.807) is 25.3 Å². The number of amides is 1. The summed E-state index contributed by atoms with van der Waals surface area (Å²) in [6, 6.07) is 4.30. The zero-order valence-electron chi connectivity index (χ0n) is 14.3. The van der Waals surface area contributed by atoms with Crippen LogP contribution < -0.4 is 31.5 Å². The number of methoxy groups -OCH3 is 2. The van der Waals surface area contributed by atoms with E-state index in [0.29, 0.717) is 17.1 Å². The lowest BCUT2D eigenvalue weighted by molar-refractivity contribution is -0.121. The number of H-pyrrole nitrogens is 2. The number of benzene rings is 1. The van der Waals surface area contributed by atoms with E-state index in [9.17, 15) is 14.4 Å². The molecule has 0 radical (unpaired) electrons. The third-order valence-electron chi connectivity index (χ3n) is 3.28. The molecule has 0 spiro atoms. The summed E-state index contributed by atoms with van der Waals surface area (Å²) in [5, 5.41) is 12.0. The minimum Gasteiger partial charge on any atom is -0.497 e. The van der Waals surface area contributed by atoms with Gasteiger partial charge >= 0.3 is 5.69 Å². The van der Waals surface area contributed by atoms with Gasteiger partial charge in [0.05, 0.1) is 20.4 Å². The second kappa shape index (κ2) is 8.46. The van der Waals surface area contributed by atoms with Crippen molar-refractivity contribution in [3.05, 3.63) is 44.6 Å². The molecule has 2 aromatic rings. The highest BCUT2D eigenvalue weighted by Gasteiger charge is 2.14. The number of hydrazone groups is 1. The van der Waals surface area contributed by atoms with Crippen LogP contribution in [0.1, 0.15) is 12.5 Å². The van der Waals surface area contributed by atoms with Crippen molar-refractivity contribution in [1.29, 1.82) is 0 Å². The van der Waals surface area contributed by atoms with Gasteiger partial charge in [-0.2, -0.15) is 5.10 Å². The number of carbonyl (C=O) groups is 1. The van der Waals surface area contributed by atoms with Gasteiger partial charge in [0.15, 0.2) is 0 Å². The molecule has 2 rings (SSSR count). The Morgan fingerprint density at radius 1 is 1.31 bits per heavy atom. The first-order valence-corrected chi connectivity index (χ1v) is 7.45. The Labute approximate surface area is 147 Å². The van der Waals surface area contributed by atoms with Crippen molar-refractivity contribution in [2.75, 3.05) is 19.5 Å². The number of aromatic nitrogens is 3. The maximum Gasteiger partial charge on any atom is 0.342 e. The molecule has 138 valence electrons. The first-order valence-electron chi connectivity index (χ1n) is 7.45. The molecule has 0 fully saturated rings. The molecule has 1 atom stereocenters. The highest BCUT2D eigenvalue weighted by molar-refractivity contribution is 5.87. The summed E-state index contributed by atoms with van der Waals surface area (Å²) >= 11 is 0. The minimum atomic E-state index is -0.829. The first-order chi connectivity index (χ1) is 12.4. The number of hydrogen-bond donors (Lipinski definition) is 4. The molecule has 0 saturated carbocycles. The summed E-state index contributed by atoms with van der Waals surface area (Å²) in [6.45, 7) is 1.51. The molecule has 0 unspecified atom stereocenters. The van der Waals surface area contributed by atoms with Crippen LogP contribution in [0.15, 0.2) is 32.9 Å². The molecule has 11 heteroatoms. The highest BCUT2D eigenvalue weighted by atomic mass is 16.5. The summed E-state index contributed by atoms with van der Waals surface area (Å²) in [4.78, 5) is 36.5. The minimum absolute atomic E-state index is 0.187. The quantitative estimate of drug-likeness (QED) is 0.380. The van der Waals surface area contributed by atoms with Crippen LogP contribution >= 0.6 is 0 Å².